The van der Waals surface area contributed by atoms with Gasteiger partial charge in [0.15, 0.2) is 6.10 Å². The Morgan fingerprint density at radius 2 is 1.59 bits per heavy atom. The fourth-order valence-corrected chi connectivity index (χ4v) is 8.79. The summed E-state index contributed by atoms with van der Waals surface area (Å²) in [5.74, 6) is -4.71. The molecule has 2 unspecified atom stereocenters. The minimum atomic E-state index is -5.36. The molecule has 1 aromatic carbocycles. The van der Waals surface area contributed by atoms with Crippen LogP contribution in [0.15, 0.2) is 90.1 Å². The number of cyclic esters (lactones) is 1. The molecule has 3 heterocycles. The molecule has 0 radical (unpaired) electrons. The predicted octanol–water partition coefficient (Wildman–Crippen LogP) is -3.75. The smallest absolute Gasteiger partial charge is 0.756 e. The molecule has 5 rings (SSSR count). The predicted molar refractivity (Wildman–Crippen MR) is 292 cm³/mol. The number of carbonyl (C=O) groups excluding carboxylic acids is 7. The Morgan fingerprint density at radius 1 is 0.908 bits per heavy atom. The maximum absolute atomic E-state index is 13.1. The zero-order valence-electron chi connectivity index (χ0n) is 48.1. The number of allylic oxidation sites excluding steroid dienone is 4. The number of aliphatic hydroxyl groups excluding tert-OH is 4. The molecule has 1 aromatic rings. The number of likely N-dealkylation sites (tertiary alicyclic amines) is 1. The van der Waals surface area contributed by atoms with Gasteiger partial charge in [0.05, 0.1) is 58.0 Å². The molecule has 0 saturated carbocycles. The van der Waals surface area contributed by atoms with Gasteiger partial charge in [-0.05, 0) is 43.2 Å². The van der Waals surface area contributed by atoms with Gasteiger partial charge in [0.25, 0.3) is 19.6 Å². The van der Waals surface area contributed by atoms with Crippen molar-refractivity contribution in [3.63, 3.8) is 0 Å². The molecule has 87 heavy (non-hydrogen) atoms. The summed E-state index contributed by atoms with van der Waals surface area (Å²) < 4.78 is 59.1. The molecule has 10 atom stereocenters. The fraction of sp³-hybridized carbons (Fsp3) is 0.527. The first-order valence-electron chi connectivity index (χ1n) is 27.2. The number of nitrogens with zero attached hydrogens (tertiary/aromatic N) is 2. The van der Waals surface area contributed by atoms with Crippen LogP contribution in [-0.2, 0) is 82.4 Å². The summed E-state index contributed by atoms with van der Waals surface area (Å²) in [6.45, 7) is 1.93. The summed E-state index contributed by atoms with van der Waals surface area (Å²) in [5, 5.41) is 67.1. The first kappa shape index (κ1) is 73.4. The van der Waals surface area contributed by atoms with E-state index in [0.29, 0.717) is 29.6 Å². The van der Waals surface area contributed by atoms with E-state index in [1.807, 2.05) is 0 Å². The number of carboxylic acids is 1. The van der Waals surface area contributed by atoms with Gasteiger partial charge in [0.1, 0.15) is 55.1 Å². The van der Waals surface area contributed by atoms with Crippen LogP contribution in [0.5, 0.6) is 5.75 Å². The van der Waals surface area contributed by atoms with Crippen LogP contribution in [0.3, 0.4) is 0 Å². The van der Waals surface area contributed by atoms with Gasteiger partial charge < -0.3 is 98.4 Å². The van der Waals surface area contributed by atoms with Gasteiger partial charge in [0, 0.05) is 75.9 Å². The van der Waals surface area contributed by atoms with Crippen molar-refractivity contribution < 1.29 is 155 Å². The quantitative estimate of drug-likeness (QED) is 0.00452. The number of hydrogen-bond acceptors (Lipinski definition) is 24. The minimum Gasteiger partial charge on any atom is -0.756 e. The number of esters is 2. The topological polar surface area (TPSA) is 432 Å². The first-order chi connectivity index (χ1) is 40.8. The monoisotopic (exact) mass is 1260 g/mol. The van der Waals surface area contributed by atoms with E-state index in [1.165, 1.54) is 85.7 Å². The van der Waals surface area contributed by atoms with Crippen LogP contribution in [0.2, 0.25) is 0 Å². The Bertz CT molecular complexity index is 2760. The van der Waals surface area contributed by atoms with Crippen LogP contribution in [0.4, 0.5) is 10.5 Å². The average molecular weight is 1260 g/mol. The molecule has 9 N–H and O–H groups in total. The Morgan fingerprint density at radius 3 is 2.26 bits per heavy atom. The van der Waals surface area contributed by atoms with E-state index < -0.39 is 105 Å². The normalized spacial score (nSPS) is 22.1. The minimum absolute atomic E-state index is 0. The van der Waals surface area contributed by atoms with Gasteiger partial charge in [-0.1, -0.05) is 48.6 Å². The van der Waals surface area contributed by atoms with Gasteiger partial charge in [0.2, 0.25) is 18.1 Å². The van der Waals surface area contributed by atoms with Crippen LogP contribution in [0.25, 0.3) is 0 Å². The molecule has 1 saturated heterocycles. The maximum atomic E-state index is 13.1. The second-order valence-electron chi connectivity index (χ2n) is 19.8. The van der Waals surface area contributed by atoms with Crippen molar-refractivity contribution in [3.05, 3.63) is 95.7 Å². The molecular weight excluding hydrogens is 1190 g/mol. The number of nitrogens with one attached hydrogen (secondary N) is 2. The van der Waals surface area contributed by atoms with Gasteiger partial charge >= 0.3 is 53.6 Å². The summed E-state index contributed by atoms with van der Waals surface area (Å²) in [7, 11) is -3.92. The first-order valence-corrected chi connectivity index (χ1v) is 28.7. The molecule has 474 valence electrons. The molecular formula is C55H72N4NaO26P. The Labute approximate surface area is 521 Å². The number of rotatable bonds is 37. The summed E-state index contributed by atoms with van der Waals surface area (Å²) in [5.41, 5.74) is -0.650. The van der Waals surface area contributed by atoms with Crippen LogP contribution in [-0.4, -0.2) is 221 Å². The zero-order chi connectivity index (χ0) is 63.0. The Hall–Kier alpha value is -6.03. The number of carboxylic acid groups (broad SMARTS) is 1. The van der Waals surface area contributed by atoms with Gasteiger partial charge in [-0.2, -0.15) is 0 Å². The van der Waals surface area contributed by atoms with Crippen molar-refractivity contribution >= 4 is 61.1 Å². The summed E-state index contributed by atoms with van der Waals surface area (Å²) >= 11 is 0. The molecule has 4 aliphatic rings. The number of benzene rings is 1. The molecule has 1 aliphatic carbocycles. The summed E-state index contributed by atoms with van der Waals surface area (Å²) in [4.78, 5) is 121. The number of carbonyl (C=O) groups is 8. The number of phosphoric ester groups is 1. The van der Waals surface area contributed by atoms with Crippen molar-refractivity contribution in [1.82, 2.24) is 15.1 Å². The van der Waals surface area contributed by atoms with E-state index in [2.05, 4.69) is 15.2 Å². The zero-order valence-corrected chi connectivity index (χ0v) is 51.0. The number of aliphatic hydroxyl groups is 5. The maximum Gasteiger partial charge on any atom is 1.00 e. The van der Waals surface area contributed by atoms with E-state index in [9.17, 15) is 83.3 Å². The third-order valence-electron chi connectivity index (χ3n) is 12.9. The number of anilines is 1. The van der Waals surface area contributed by atoms with Crippen LogP contribution < -0.4 is 49.8 Å². The molecule has 0 spiro atoms. The van der Waals surface area contributed by atoms with Crippen LogP contribution in [0, 0.1) is 0 Å². The number of piperidine rings is 1. The van der Waals surface area contributed by atoms with E-state index in [4.69, 9.17) is 37.9 Å². The van der Waals surface area contributed by atoms with Crippen molar-refractivity contribution in [2.24, 2.45) is 0 Å². The number of aliphatic carboxylic acids is 1. The number of amides is 5. The second-order valence-corrected chi connectivity index (χ2v) is 21.0. The fourth-order valence-electron chi connectivity index (χ4n) is 8.17. The van der Waals surface area contributed by atoms with Crippen LogP contribution in [0.1, 0.15) is 57.4 Å². The molecule has 30 nitrogen and oxygen atoms in total. The molecule has 3 aliphatic heterocycles. The second kappa shape index (κ2) is 36.5. The number of phosphoric acid groups is 1. The number of imide groups is 1. The standard InChI is InChI=1S/C55H73N4O26P.Na/c1-55(73,19-16-36-11-8-12-45(64)82-36)41(85-86(74,75)76)31-35(60)10-6-4-3-5-7-23-80-54(72)58(2)21-9-13-44(63)81-33-34-14-15-40(83-53-48(67)46(65)47(66)49(84-53)52(70)71)39(30-34)57-43(62)17-20-56-42(61)18-24-77-26-28-79-29-27-78-25-22-59-50(68)37-32-38(37)51(59)69;/h3-8,10,12,14-16,19,30,35-36,41,46-49,53,60,65-67,73H,9,11,13,17-18,20-29,31-33H2,1-2H3,(H,56,61)(H,57,62)(H,70,71)(H2,74,75,76);/q;+1/p-1/b4-3-,7-5+,10-6-,19-16+;/t35-,36?,41-,46+,47+,48-,49+,53-,55-;/m1./s1. The SMILES string of the molecule is CN(CCCC(=O)OCc1ccc(O[C@@H]2O[C@H](C(=O)O)[C@@H](O)[C@H](O)[C@H]2O)c(NC(=O)CCNC(=O)CCOCCOCCOCCN2C(=O)C3=C(C3)C2=O)c1)C(=O)OC/C=C/C=C\C=C/[C@@H](O)C[C@@H](OP(=O)([O-])O)[C@](C)(O)/C=C/C1CC=CC(=O)O1.[Na+]. The third-order valence-corrected chi connectivity index (χ3v) is 13.4. The van der Waals surface area contributed by atoms with Gasteiger partial charge in [-0.25, -0.2) is 14.4 Å². The summed E-state index contributed by atoms with van der Waals surface area (Å²) in [6.07, 6.45) is -0.256. The van der Waals surface area contributed by atoms with Crippen molar-refractivity contribution in [3.8, 4) is 5.75 Å². The third kappa shape index (κ3) is 25.5. The van der Waals surface area contributed by atoms with E-state index in [0.717, 1.165) is 11.0 Å². The number of ether oxygens (including phenoxy) is 8. The van der Waals surface area contributed by atoms with Crippen molar-refractivity contribution in [1.29, 1.82) is 0 Å². The van der Waals surface area contributed by atoms with E-state index >= 15 is 0 Å². The van der Waals surface area contributed by atoms with E-state index in [1.54, 1.807) is 6.08 Å². The van der Waals surface area contributed by atoms with E-state index in [-0.39, 0.29) is 151 Å². The van der Waals surface area contributed by atoms with Gasteiger partial charge in [-0.3, -0.25) is 33.4 Å². The molecule has 1 fully saturated rings. The average Bonchev–Trinajstić information content (AvgIpc) is 1.67. The molecule has 32 heteroatoms. The largest absolute Gasteiger partial charge is 1.00 e. The molecule has 5 amide bonds. The Balaban J connectivity index is 0.0000162. The Kier molecular flexibility index (Phi) is 30.8. The molecule has 0 aromatic heterocycles. The van der Waals surface area contributed by atoms with Gasteiger partial charge in [-0.15, -0.1) is 0 Å². The summed E-state index contributed by atoms with van der Waals surface area (Å²) in [6, 6.07) is 4.04. The van der Waals surface area contributed by atoms with Crippen molar-refractivity contribution in [2.45, 2.75) is 113 Å². The molecule has 0 bridgehead atoms. The van der Waals surface area contributed by atoms with Crippen molar-refractivity contribution in [2.75, 3.05) is 78.2 Å². The van der Waals surface area contributed by atoms with Crippen LogP contribution >= 0.6 is 7.82 Å². The number of hydrogen-bond donors (Lipinski definition) is 9.